The Labute approximate surface area is 119 Å². The Hall–Kier alpha value is -1.42. The molecule has 0 aliphatic carbocycles. The molecule has 1 aliphatic rings. The molecule has 2 rings (SSSR count). The number of hydrogen-bond donors (Lipinski definition) is 1. The van der Waals surface area contributed by atoms with E-state index in [-0.39, 0.29) is 5.56 Å². The third kappa shape index (κ3) is 3.57. The number of carboxylic acid groups (broad SMARTS) is 1. The lowest BCUT2D eigenvalue weighted by Crippen LogP contribution is -2.39. The van der Waals surface area contributed by atoms with Crippen LogP contribution in [0.3, 0.4) is 0 Å². The van der Waals surface area contributed by atoms with Gasteiger partial charge in [0.2, 0.25) is 0 Å². The van der Waals surface area contributed by atoms with E-state index in [0.29, 0.717) is 18.2 Å². The molecule has 1 unspecified atom stereocenters. The van der Waals surface area contributed by atoms with Gasteiger partial charge in [-0.1, -0.05) is 25.8 Å². The number of hydrogen-bond acceptors (Lipinski definition) is 2. The minimum absolute atomic E-state index is 0.00926. The Morgan fingerprint density at radius 3 is 2.90 bits per heavy atom. The number of halogens is 1. The van der Waals surface area contributed by atoms with Gasteiger partial charge in [-0.25, -0.2) is 9.18 Å². The fourth-order valence-electron chi connectivity index (χ4n) is 2.96. The first-order chi connectivity index (χ1) is 9.61. The minimum atomic E-state index is -1.09. The van der Waals surface area contributed by atoms with Gasteiger partial charge in [-0.15, -0.1) is 0 Å². The van der Waals surface area contributed by atoms with Crippen LogP contribution in [-0.4, -0.2) is 28.6 Å². The van der Waals surface area contributed by atoms with Crippen molar-refractivity contribution in [2.45, 2.75) is 51.6 Å². The maximum Gasteiger partial charge on any atom is 0.335 e. The summed E-state index contributed by atoms with van der Waals surface area (Å²) >= 11 is 0. The van der Waals surface area contributed by atoms with E-state index in [1.807, 2.05) is 0 Å². The van der Waals surface area contributed by atoms with Crippen molar-refractivity contribution < 1.29 is 14.3 Å². The second-order valence-corrected chi connectivity index (χ2v) is 5.52. The first-order valence-electron chi connectivity index (χ1n) is 7.37. The molecular weight excluding hydrogens is 257 g/mol. The van der Waals surface area contributed by atoms with Crippen LogP contribution in [0.15, 0.2) is 18.2 Å². The minimum Gasteiger partial charge on any atom is -0.478 e. The lowest BCUT2D eigenvalue weighted by atomic mass is 9.97. The highest BCUT2D eigenvalue weighted by Gasteiger charge is 2.22. The second kappa shape index (κ2) is 6.84. The molecule has 1 aromatic carbocycles. The molecule has 1 aliphatic heterocycles. The number of piperidine rings is 1. The van der Waals surface area contributed by atoms with Crippen LogP contribution in [-0.2, 0) is 6.54 Å². The van der Waals surface area contributed by atoms with Crippen LogP contribution in [0.2, 0.25) is 0 Å². The van der Waals surface area contributed by atoms with Crippen molar-refractivity contribution in [3.05, 3.63) is 35.1 Å². The monoisotopic (exact) mass is 279 g/mol. The zero-order chi connectivity index (χ0) is 14.5. The van der Waals surface area contributed by atoms with Gasteiger partial charge >= 0.3 is 5.97 Å². The van der Waals surface area contributed by atoms with Crippen molar-refractivity contribution >= 4 is 5.97 Å². The fourth-order valence-corrected chi connectivity index (χ4v) is 2.96. The molecule has 0 amide bonds. The molecule has 0 saturated carbocycles. The molecule has 0 aromatic heterocycles. The van der Waals surface area contributed by atoms with Crippen molar-refractivity contribution in [2.24, 2.45) is 0 Å². The summed E-state index contributed by atoms with van der Waals surface area (Å²) in [5, 5.41) is 8.86. The van der Waals surface area contributed by atoms with Crippen molar-refractivity contribution in [1.29, 1.82) is 0 Å². The molecule has 0 bridgehead atoms. The van der Waals surface area contributed by atoms with E-state index in [4.69, 9.17) is 5.11 Å². The molecule has 3 nitrogen and oxygen atoms in total. The van der Waals surface area contributed by atoms with Crippen LogP contribution in [0.25, 0.3) is 0 Å². The van der Waals surface area contributed by atoms with Gasteiger partial charge in [-0.3, -0.25) is 4.90 Å². The van der Waals surface area contributed by atoms with Crippen LogP contribution < -0.4 is 0 Å². The van der Waals surface area contributed by atoms with Crippen molar-refractivity contribution in [3.8, 4) is 0 Å². The van der Waals surface area contributed by atoms with E-state index >= 15 is 0 Å². The topological polar surface area (TPSA) is 40.5 Å². The third-order valence-corrected chi connectivity index (χ3v) is 4.04. The Bertz CT molecular complexity index is 474. The normalized spacial score (nSPS) is 20.0. The molecule has 4 heteroatoms. The van der Waals surface area contributed by atoms with Gasteiger partial charge in [-0.05, 0) is 37.9 Å². The van der Waals surface area contributed by atoms with E-state index in [0.717, 1.165) is 31.9 Å². The predicted molar refractivity (Wildman–Crippen MR) is 76.3 cm³/mol. The van der Waals surface area contributed by atoms with Crippen LogP contribution in [0.1, 0.15) is 54.9 Å². The van der Waals surface area contributed by atoms with Gasteiger partial charge in [0, 0.05) is 18.2 Å². The summed E-state index contributed by atoms with van der Waals surface area (Å²) in [4.78, 5) is 13.2. The summed E-state index contributed by atoms with van der Waals surface area (Å²) in [6, 6.07) is 4.75. The maximum absolute atomic E-state index is 14.0. The Kier molecular flexibility index (Phi) is 5.12. The lowest BCUT2D eigenvalue weighted by molar-refractivity contribution is 0.0696. The van der Waals surface area contributed by atoms with Crippen LogP contribution in [0.5, 0.6) is 0 Å². The molecule has 1 atom stereocenters. The quantitative estimate of drug-likeness (QED) is 0.894. The first kappa shape index (κ1) is 15.0. The van der Waals surface area contributed by atoms with Gasteiger partial charge < -0.3 is 5.11 Å². The van der Waals surface area contributed by atoms with Crippen molar-refractivity contribution in [2.75, 3.05) is 6.54 Å². The SMILES string of the molecule is CCCC1CCCCN1Cc1ccc(C(=O)O)cc1F. The molecule has 0 spiro atoms. The number of nitrogens with zero attached hydrogens (tertiary/aromatic N) is 1. The van der Waals surface area contributed by atoms with Gasteiger partial charge in [0.05, 0.1) is 5.56 Å². The highest BCUT2D eigenvalue weighted by atomic mass is 19.1. The van der Waals surface area contributed by atoms with E-state index in [1.54, 1.807) is 6.07 Å². The zero-order valence-corrected chi connectivity index (χ0v) is 11.9. The molecule has 110 valence electrons. The highest BCUT2D eigenvalue weighted by Crippen LogP contribution is 2.24. The van der Waals surface area contributed by atoms with E-state index < -0.39 is 11.8 Å². The smallest absolute Gasteiger partial charge is 0.335 e. The van der Waals surface area contributed by atoms with Gasteiger partial charge in [0.1, 0.15) is 5.82 Å². The number of aromatic carboxylic acids is 1. The molecule has 20 heavy (non-hydrogen) atoms. The number of carbonyl (C=O) groups is 1. The van der Waals surface area contributed by atoms with Crippen LogP contribution in [0.4, 0.5) is 4.39 Å². The maximum atomic E-state index is 14.0. The van der Waals surface area contributed by atoms with Crippen molar-refractivity contribution in [3.63, 3.8) is 0 Å². The number of benzene rings is 1. The Morgan fingerprint density at radius 1 is 1.45 bits per heavy atom. The number of carboxylic acids is 1. The fraction of sp³-hybridized carbons (Fsp3) is 0.562. The van der Waals surface area contributed by atoms with Crippen LogP contribution >= 0.6 is 0 Å². The number of rotatable bonds is 5. The number of likely N-dealkylation sites (tertiary alicyclic amines) is 1. The van der Waals surface area contributed by atoms with Gasteiger partial charge in [0.25, 0.3) is 0 Å². The van der Waals surface area contributed by atoms with Crippen molar-refractivity contribution in [1.82, 2.24) is 4.90 Å². The summed E-state index contributed by atoms with van der Waals surface area (Å²) in [6.07, 6.45) is 5.88. The predicted octanol–water partition coefficient (Wildman–Crippen LogP) is 3.68. The molecular formula is C16H22FNO2. The average Bonchev–Trinajstić information content (AvgIpc) is 2.43. The standard InChI is InChI=1S/C16H22FNO2/c1-2-5-14-6-3-4-9-18(14)11-13-8-7-12(16(19)20)10-15(13)17/h7-8,10,14H,2-6,9,11H2,1H3,(H,19,20). The third-order valence-electron chi connectivity index (χ3n) is 4.04. The molecule has 1 saturated heterocycles. The highest BCUT2D eigenvalue weighted by molar-refractivity contribution is 5.87. The summed E-state index contributed by atoms with van der Waals surface area (Å²) in [6.45, 7) is 3.76. The first-order valence-corrected chi connectivity index (χ1v) is 7.37. The zero-order valence-electron chi connectivity index (χ0n) is 11.9. The largest absolute Gasteiger partial charge is 0.478 e. The second-order valence-electron chi connectivity index (χ2n) is 5.52. The van der Waals surface area contributed by atoms with Gasteiger partial charge in [0.15, 0.2) is 0 Å². The Balaban J connectivity index is 2.09. The molecule has 1 fully saturated rings. The average molecular weight is 279 g/mol. The summed E-state index contributed by atoms with van der Waals surface area (Å²) in [5.74, 6) is -1.50. The summed E-state index contributed by atoms with van der Waals surface area (Å²) in [7, 11) is 0. The molecule has 1 aromatic rings. The molecule has 0 radical (unpaired) electrons. The summed E-state index contributed by atoms with van der Waals surface area (Å²) in [5.41, 5.74) is 0.605. The van der Waals surface area contributed by atoms with E-state index in [9.17, 15) is 9.18 Å². The molecule has 1 N–H and O–H groups in total. The lowest BCUT2D eigenvalue weighted by Gasteiger charge is -2.35. The van der Waals surface area contributed by atoms with Crippen LogP contribution in [0, 0.1) is 5.82 Å². The van der Waals surface area contributed by atoms with E-state index in [2.05, 4.69) is 11.8 Å². The Morgan fingerprint density at radius 2 is 2.25 bits per heavy atom. The van der Waals surface area contributed by atoms with E-state index in [1.165, 1.54) is 18.9 Å². The molecule has 1 heterocycles. The van der Waals surface area contributed by atoms with Gasteiger partial charge in [-0.2, -0.15) is 0 Å². The summed E-state index contributed by atoms with van der Waals surface area (Å²) < 4.78 is 14.0.